The Hall–Kier alpha value is -1.26. The standard InChI is InChI=1S/C13H23NO4/c1-13(2,3)18-12(16)14-7-4-11(5-8-14)6-9-17-10-15/h10-11H,4-9H2,1-3H3. The van der Waals surface area contributed by atoms with Crippen LogP contribution in [0.5, 0.6) is 0 Å². The van der Waals surface area contributed by atoms with Crippen LogP contribution in [0.4, 0.5) is 4.79 Å². The number of rotatable bonds is 4. The summed E-state index contributed by atoms with van der Waals surface area (Å²) in [7, 11) is 0. The number of carbonyl (C=O) groups is 2. The Morgan fingerprint density at radius 1 is 1.33 bits per heavy atom. The average molecular weight is 257 g/mol. The summed E-state index contributed by atoms with van der Waals surface area (Å²) < 4.78 is 10.0. The third-order valence-corrected chi connectivity index (χ3v) is 2.98. The van der Waals surface area contributed by atoms with E-state index in [9.17, 15) is 9.59 Å². The quantitative estimate of drug-likeness (QED) is 0.572. The molecule has 1 rings (SSSR count). The largest absolute Gasteiger partial charge is 0.468 e. The summed E-state index contributed by atoms with van der Waals surface area (Å²) in [5.74, 6) is 0.531. The number of likely N-dealkylation sites (tertiary alicyclic amines) is 1. The van der Waals surface area contributed by atoms with E-state index in [1.54, 1.807) is 4.90 Å². The molecule has 1 saturated heterocycles. The van der Waals surface area contributed by atoms with Crippen molar-refractivity contribution in [3.63, 3.8) is 0 Å². The molecule has 5 nitrogen and oxygen atoms in total. The van der Waals surface area contributed by atoms with E-state index < -0.39 is 5.60 Å². The van der Waals surface area contributed by atoms with Gasteiger partial charge in [-0.1, -0.05) is 0 Å². The molecule has 0 aliphatic carbocycles. The number of hydrogen-bond acceptors (Lipinski definition) is 4. The van der Waals surface area contributed by atoms with Crippen LogP contribution in [-0.2, 0) is 14.3 Å². The zero-order valence-electron chi connectivity index (χ0n) is 11.5. The van der Waals surface area contributed by atoms with Gasteiger partial charge in [-0.15, -0.1) is 0 Å². The second-order valence-corrected chi connectivity index (χ2v) is 5.67. The molecule has 0 aromatic rings. The highest BCUT2D eigenvalue weighted by Crippen LogP contribution is 2.22. The van der Waals surface area contributed by atoms with Crippen LogP contribution in [0.1, 0.15) is 40.0 Å². The topological polar surface area (TPSA) is 55.8 Å². The minimum absolute atomic E-state index is 0.231. The van der Waals surface area contributed by atoms with E-state index in [-0.39, 0.29) is 6.09 Å². The molecule has 0 radical (unpaired) electrons. The second kappa shape index (κ2) is 6.61. The van der Waals surface area contributed by atoms with Crippen molar-refractivity contribution in [3.8, 4) is 0 Å². The van der Waals surface area contributed by atoms with E-state index in [0.717, 1.165) is 32.4 Å². The third kappa shape index (κ3) is 5.38. The van der Waals surface area contributed by atoms with Gasteiger partial charge >= 0.3 is 6.09 Å². The highest BCUT2D eigenvalue weighted by Gasteiger charge is 2.26. The van der Waals surface area contributed by atoms with Gasteiger partial charge in [-0.25, -0.2) is 4.79 Å². The maximum Gasteiger partial charge on any atom is 0.410 e. The summed E-state index contributed by atoms with van der Waals surface area (Å²) in [4.78, 5) is 23.6. The molecule has 0 bridgehead atoms. The van der Waals surface area contributed by atoms with Crippen molar-refractivity contribution in [2.75, 3.05) is 19.7 Å². The first-order valence-corrected chi connectivity index (χ1v) is 6.45. The maximum absolute atomic E-state index is 11.8. The van der Waals surface area contributed by atoms with Gasteiger partial charge in [0.2, 0.25) is 0 Å². The zero-order chi connectivity index (χ0) is 13.6. The Morgan fingerprint density at radius 2 is 1.94 bits per heavy atom. The van der Waals surface area contributed by atoms with Crippen LogP contribution in [0, 0.1) is 5.92 Å². The minimum atomic E-state index is -0.439. The summed E-state index contributed by atoms with van der Waals surface area (Å²) in [5.41, 5.74) is -0.439. The van der Waals surface area contributed by atoms with E-state index in [1.807, 2.05) is 20.8 Å². The van der Waals surface area contributed by atoms with Gasteiger partial charge in [0, 0.05) is 13.1 Å². The molecular weight excluding hydrogens is 234 g/mol. The molecule has 0 aromatic heterocycles. The van der Waals surface area contributed by atoms with E-state index in [0.29, 0.717) is 19.0 Å². The van der Waals surface area contributed by atoms with E-state index in [1.165, 1.54) is 0 Å². The fourth-order valence-electron chi connectivity index (χ4n) is 2.01. The third-order valence-electron chi connectivity index (χ3n) is 2.98. The van der Waals surface area contributed by atoms with Crippen molar-refractivity contribution in [2.45, 2.75) is 45.6 Å². The number of hydrogen-bond donors (Lipinski definition) is 0. The summed E-state index contributed by atoms with van der Waals surface area (Å²) >= 11 is 0. The van der Waals surface area contributed by atoms with E-state index in [4.69, 9.17) is 9.47 Å². The predicted octanol–water partition coefficient (Wildman–Crippen LogP) is 2.20. The van der Waals surface area contributed by atoms with Crippen molar-refractivity contribution in [2.24, 2.45) is 5.92 Å². The summed E-state index contributed by atoms with van der Waals surface area (Å²) in [6.45, 7) is 8.01. The smallest absolute Gasteiger partial charge is 0.410 e. The van der Waals surface area contributed by atoms with Gasteiger partial charge in [0.15, 0.2) is 0 Å². The lowest BCUT2D eigenvalue weighted by Gasteiger charge is -2.33. The lowest BCUT2D eigenvalue weighted by atomic mass is 9.94. The van der Waals surface area contributed by atoms with Crippen molar-refractivity contribution in [1.29, 1.82) is 0 Å². The van der Waals surface area contributed by atoms with Gasteiger partial charge in [-0.2, -0.15) is 0 Å². The highest BCUT2D eigenvalue weighted by molar-refractivity contribution is 5.68. The van der Waals surface area contributed by atoms with Crippen molar-refractivity contribution >= 4 is 12.6 Å². The van der Waals surface area contributed by atoms with Gasteiger partial charge in [-0.05, 0) is 46.0 Å². The van der Waals surface area contributed by atoms with Gasteiger partial charge < -0.3 is 14.4 Å². The number of nitrogens with zero attached hydrogens (tertiary/aromatic N) is 1. The maximum atomic E-state index is 11.8. The molecule has 1 aliphatic rings. The molecule has 1 aliphatic heterocycles. The molecule has 104 valence electrons. The molecule has 0 unspecified atom stereocenters. The van der Waals surface area contributed by atoms with E-state index in [2.05, 4.69) is 0 Å². The highest BCUT2D eigenvalue weighted by atomic mass is 16.6. The Kier molecular flexibility index (Phi) is 5.44. The fraction of sp³-hybridized carbons (Fsp3) is 0.846. The normalized spacial score (nSPS) is 17.4. The number of amides is 1. The fourth-order valence-corrected chi connectivity index (χ4v) is 2.01. The molecule has 1 heterocycles. The van der Waals surface area contributed by atoms with Crippen molar-refractivity contribution < 1.29 is 19.1 Å². The Morgan fingerprint density at radius 3 is 2.44 bits per heavy atom. The second-order valence-electron chi connectivity index (χ2n) is 5.67. The molecular formula is C13H23NO4. The summed E-state index contributed by atoms with van der Waals surface area (Å²) in [5, 5.41) is 0. The molecule has 18 heavy (non-hydrogen) atoms. The van der Waals surface area contributed by atoms with Crippen LogP contribution in [0.2, 0.25) is 0 Å². The number of carbonyl (C=O) groups excluding carboxylic acids is 2. The first-order valence-electron chi connectivity index (χ1n) is 6.45. The Labute approximate surface area is 108 Å². The van der Waals surface area contributed by atoms with Crippen LogP contribution >= 0.6 is 0 Å². The lowest BCUT2D eigenvalue weighted by molar-refractivity contribution is -0.129. The zero-order valence-corrected chi connectivity index (χ0v) is 11.5. The van der Waals surface area contributed by atoms with Gasteiger partial charge in [-0.3, -0.25) is 4.79 Å². The van der Waals surface area contributed by atoms with Crippen LogP contribution in [0.25, 0.3) is 0 Å². The predicted molar refractivity (Wildman–Crippen MR) is 67.2 cm³/mol. The van der Waals surface area contributed by atoms with Gasteiger partial charge in [0.1, 0.15) is 5.60 Å². The van der Waals surface area contributed by atoms with Crippen LogP contribution in [0.15, 0.2) is 0 Å². The lowest BCUT2D eigenvalue weighted by Crippen LogP contribution is -2.41. The molecule has 1 amide bonds. The van der Waals surface area contributed by atoms with Crippen LogP contribution in [-0.4, -0.2) is 42.8 Å². The van der Waals surface area contributed by atoms with Gasteiger partial charge in [0.25, 0.3) is 6.47 Å². The molecule has 0 spiro atoms. The first kappa shape index (κ1) is 14.8. The number of piperidine rings is 1. The Balaban J connectivity index is 2.26. The Bertz CT molecular complexity index is 277. The monoisotopic (exact) mass is 257 g/mol. The molecule has 0 saturated carbocycles. The summed E-state index contributed by atoms with van der Waals surface area (Å²) in [6, 6.07) is 0. The average Bonchev–Trinajstić information content (AvgIpc) is 2.28. The van der Waals surface area contributed by atoms with Crippen LogP contribution in [0.3, 0.4) is 0 Å². The van der Waals surface area contributed by atoms with Crippen molar-refractivity contribution in [1.82, 2.24) is 4.90 Å². The molecule has 5 heteroatoms. The van der Waals surface area contributed by atoms with Gasteiger partial charge in [0.05, 0.1) is 6.61 Å². The summed E-state index contributed by atoms with van der Waals surface area (Å²) in [6.07, 6.45) is 2.54. The molecule has 0 atom stereocenters. The SMILES string of the molecule is CC(C)(C)OC(=O)N1CCC(CCOC=O)CC1. The molecule has 0 N–H and O–H groups in total. The first-order chi connectivity index (χ1) is 8.42. The molecule has 0 aromatic carbocycles. The van der Waals surface area contributed by atoms with E-state index >= 15 is 0 Å². The minimum Gasteiger partial charge on any atom is -0.468 e. The van der Waals surface area contributed by atoms with Crippen molar-refractivity contribution in [3.05, 3.63) is 0 Å². The van der Waals surface area contributed by atoms with Crippen LogP contribution < -0.4 is 0 Å². The number of ether oxygens (including phenoxy) is 2. The molecule has 1 fully saturated rings.